The van der Waals surface area contributed by atoms with Crippen LogP contribution in [0.3, 0.4) is 0 Å². The molecule has 0 bridgehead atoms. The number of amides is 1. The van der Waals surface area contributed by atoms with Crippen LogP contribution in [0.25, 0.3) is 6.08 Å². The summed E-state index contributed by atoms with van der Waals surface area (Å²) in [6.45, 7) is 0. The molecule has 0 atom stereocenters. The Labute approximate surface area is 169 Å². The lowest BCUT2D eigenvalue weighted by molar-refractivity contribution is -0.137. The molecule has 6 heteroatoms. The minimum Gasteiger partial charge on any atom is -0.370 e. The molecule has 0 aromatic heterocycles. The maximum absolute atomic E-state index is 13.2. The van der Waals surface area contributed by atoms with Gasteiger partial charge in [-0.1, -0.05) is 49.6 Å². The van der Waals surface area contributed by atoms with Crippen LogP contribution in [0, 0.1) is 0 Å². The predicted molar refractivity (Wildman–Crippen MR) is 111 cm³/mol. The minimum atomic E-state index is -4.47. The molecule has 2 aromatic carbocycles. The molecule has 0 unspecified atom stereocenters. The molecule has 1 saturated carbocycles. The zero-order valence-electron chi connectivity index (χ0n) is 16.4. The Morgan fingerprint density at radius 1 is 1.07 bits per heavy atom. The number of anilines is 2. The topological polar surface area (TPSA) is 32.3 Å². The van der Waals surface area contributed by atoms with Crippen LogP contribution in [0.1, 0.15) is 43.2 Å². The second-order valence-electron chi connectivity index (χ2n) is 7.37. The first-order valence-electron chi connectivity index (χ1n) is 9.83. The number of carbonyl (C=O) groups is 1. The minimum absolute atomic E-state index is 0.176. The van der Waals surface area contributed by atoms with E-state index in [9.17, 15) is 18.0 Å². The standard InChI is InChI=1S/C23H25F3N2O/c1-28(19-10-6-3-7-11-19)21-14-13-18(23(24,25)26)16-20(21)27-22(29)15-12-17-8-4-2-5-9-17/h2,4-5,8-9,12-16,19H,3,6-7,10-11H2,1H3,(H,27,29)/b15-12+. The molecule has 1 aliphatic rings. The van der Waals surface area contributed by atoms with Gasteiger partial charge in [0.1, 0.15) is 0 Å². The summed E-state index contributed by atoms with van der Waals surface area (Å²) in [7, 11) is 1.88. The summed E-state index contributed by atoms with van der Waals surface area (Å²) in [4.78, 5) is 14.4. The molecular weight excluding hydrogens is 377 g/mol. The fourth-order valence-electron chi connectivity index (χ4n) is 3.70. The molecular formula is C23H25F3N2O. The van der Waals surface area contributed by atoms with E-state index in [-0.39, 0.29) is 11.7 Å². The molecule has 3 rings (SSSR count). The number of nitrogens with zero attached hydrogens (tertiary/aromatic N) is 1. The van der Waals surface area contributed by atoms with Crippen molar-refractivity contribution in [3.05, 3.63) is 65.7 Å². The number of carbonyl (C=O) groups excluding carboxylic acids is 1. The van der Waals surface area contributed by atoms with Gasteiger partial charge in [-0.25, -0.2) is 0 Å². The first-order valence-corrected chi connectivity index (χ1v) is 9.83. The second-order valence-corrected chi connectivity index (χ2v) is 7.37. The van der Waals surface area contributed by atoms with Crippen LogP contribution >= 0.6 is 0 Å². The Balaban J connectivity index is 1.85. The number of benzene rings is 2. The van der Waals surface area contributed by atoms with Crippen molar-refractivity contribution >= 4 is 23.4 Å². The van der Waals surface area contributed by atoms with Gasteiger partial charge < -0.3 is 10.2 Å². The Morgan fingerprint density at radius 2 is 1.76 bits per heavy atom. The van der Waals surface area contributed by atoms with E-state index < -0.39 is 17.6 Å². The number of hydrogen-bond acceptors (Lipinski definition) is 2. The summed E-state index contributed by atoms with van der Waals surface area (Å²) in [6, 6.07) is 13.1. The molecule has 2 aromatic rings. The Morgan fingerprint density at radius 3 is 2.41 bits per heavy atom. The zero-order chi connectivity index (χ0) is 20.9. The highest BCUT2D eigenvalue weighted by Crippen LogP contribution is 2.37. The summed E-state index contributed by atoms with van der Waals surface area (Å²) in [5.41, 5.74) is 0.842. The Bertz CT molecular complexity index is 856. The highest BCUT2D eigenvalue weighted by Gasteiger charge is 2.32. The van der Waals surface area contributed by atoms with Crippen molar-refractivity contribution in [2.75, 3.05) is 17.3 Å². The van der Waals surface area contributed by atoms with Crippen molar-refractivity contribution < 1.29 is 18.0 Å². The molecule has 1 N–H and O–H groups in total. The summed E-state index contributed by atoms with van der Waals surface area (Å²) in [5, 5.41) is 2.65. The van der Waals surface area contributed by atoms with Crippen LogP contribution in [0.2, 0.25) is 0 Å². The van der Waals surface area contributed by atoms with Crippen LogP contribution in [-0.4, -0.2) is 19.0 Å². The van der Waals surface area contributed by atoms with Crippen molar-refractivity contribution in [3.63, 3.8) is 0 Å². The lowest BCUT2D eigenvalue weighted by Crippen LogP contribution is -2.34. The largest absolute Gasteiger partial charge is 0.416 e. The quantitative estimate of drug-likeness (QED) is 0.611. The summed E-state index contributed by atoms with van der Waals surface area (Å²) in [5.74, 6) is -0.466. The molecule has 0 heterocycles. The van der Waals surface area contributed by atoms with E-state index in [1.807, 2.05) is 42.3 Å². The number of alkyl halides is 3. The molecule has 1 amide bonds. The molecule has 0 saturated heterocycles. The molecule has 29 heavy (non-hydrogen) atoms. The first-order chi connectivity index (χ1) is 13.8. The average Bonchev–Trinajstić information content (AvgIpc) is 2.72. The average molecular weight is 402 g/mol. The maximum atomic E-state index is 13.2. The van der Waals surface area contributed by atoms with Crippen molar-refractivity contribution in [2.45, 2.75) is 44.3 Å². The number of hydrogen-bond donors (Lipinski definition) is 1. The van der Waals surface area contributed by atoms with E-state index in [1.165, 1.54) is 18.6 Å². The highest BCUT2D eigenvalue weighted by atomic mass is 19.4. The van der Waals surface area contributed by atoms with Gasteiger partial charge in [-0.3, -0.25) is 4.79 Å². The summed E-state index contributed by atoms with van der Waals surface area (Å²) >= 11 is 0. The lowest BCUT2D eigenvalue weighted by atomic mass is 9.94. The van der Waals surface area contributed by atoms with Crippen molar-refractivity contribution in [1.82, 2.24) is 0 Å². The molecule has 154 valence electrons. The van der Waals surface area contributed by atoms with E-state index >= 15 is 0 Å². The van der Waals surface area contributed by atoms with Crippen LogP contribution in [0.15, 0.2) is 54.6 Å². The highest BCUT2D eigenvalue weighted by molar-refractivity contribution is 6.03. The van der Waals surface area contributed by atoms with Gasteiger partial charge in [-0.15, -0.1) is 0 Å². The number of rotatable bonds is 5. The number of nitrogens with one attached hydrogen (secondary N) is 1. The van der Waals surface area contributed by atoms with Gasteiger partial charge in [-0.05, 0) is 42.7 Å². The fraction of sp³-hybridized carbons (Fsp3) is 0.348. The van der Waals surface area contributed by atoms with E-state index in [2.05, 4.69) is 5.32 Å². The lowest BCUT2D eigenvalue weighted by Gasteiger charge is -2.34. The molecule has 0 aliphatic heterocycles. The van der Waals surface area contributed by atoms with Crippen LogP contribution in [-0.2, 0) is 11.0 Å². The normalized spacial score (nSPS) is 15.4. The molecule has 1 fully saturated rings. The molecule has 3 nitrogen and oxygen atoms in total. The van der Waals surface area contributed by atoms with Gasteiger partial charge in [0, 0.05) is 19.2 Å². The van der Waals surface area contributed by atoms with Gasteiger partial charge in [0.2, 0.25) is 5.91 Å². The Hall–Kier alpha value is -2.76. The SMILES string of the molecule is CN(c1ccc(C(F)(F)F)cc1NC(=O)/C=C/c1ccccc1)C1CCCCC1. The van der Waals surface area contributed by atoms with E-state index in [4.69, 9.17) is 0 Å². The maximum Gasteiger partial charge on any atom is 0.416 e. The van der Waals surface area contributed by atoms with E-state index in [0.29, 0.717) is 5.69 Å². The van der Waals surface area contributed by atoms with Crippen molar-refractivity contribution in [3.8, 4) is 0 Å². The molecule has 1 aliphatic carbocycles. The molecule has 0 radical (unpaired) electrons. The number of halogens is 3. The molecule has 0 spiro atoms. The third-order valence-electron chi connectivity index (χ3n) is 5.31. The van der Waals surface area contributed by atoms with Gasteiger partial charge >= 0.3 is 6.18 Å². The second kappa shape index (κ2) is 9.16. The van der Waals surface area contributed by atoms with Crippen LogP contribution < -0.4 is 10.2 Å². The zero-order valence-corrected chi connectivity index (χ0v) is 16.4. The van der Waals surface area contributed by atoms with Gasteiger partial charge in [0.05, 0.1) is 16.9 Å². The summed E-state index contributed by atoms with van der Waals surface area (Å²) < 4.78 is 39.7. The van der Waals surface area contributed by atoms with E-state index in [0.717, 1.165) is 43.4 Å². The van der Waals surface area contributed by atoms with Gasteiger partial charge in [-0.2, -0.15) is 13.2 Å². The van der Waals surface area contributed by atoms with Crippen LogP contribution in [0.4, 0.5) is 24.5 Å². The summed E-state index contributed by atoms with van der Waals surface area (Å²) in [6.07, 6.45) is 3.89. The Kier molecular flexibility index (Phi) is 6.62. The van der Waals surface area contributed by atoms with Crippen molar-refractivity contribution in [1.29, 1.82) is 0 Å². The monoisotopic (exact) mass is 402 g/mol. The van der Waals surface area contributed by atoms with Gasteiger partial charge in [0.15, 0.2) is 0 Å². The van der Waals surface area contributed by atoms with Gasteiger partial charge in [0.25, 0.3) is 0 Å². The van der Waals surface area contributed by atoms with Crippen LogP contribution in [0.5, 0.6) is 0 Å². The third-order valence-corrected chi connectivity index (χ3v) is 5.31. The van der Waals surface area contributed by atoms with E-state index in [1.54, 1.807) is 6.08 Å². The third kappa shape index (κ3) is 5.62. The first kappa shape index (κ1) is 21.0. The predicted octanol–water partition coefficient (Wildman–Crippen LogP) is 6.13. The fourth-order valence-corrected chi connectivity index (χ4v) is 3.70. The van der Waals surface area contributed by atoms with Crippen molar-refractivity contribution in [2.24, 2.45) is 0 Å². The smallest absolute Gasteiger partial charge is 0.370 e.